The fourth-order valence-corrected chi connectivity index (χ4v) is 1.82. The molecule has 0 aromatic heterocycles. The zero-order valence-electron chi connectivity index (χ0n) is 11.0. The smallest absolute Gasteiger partial charge is 0.0902 e. The number of aliphatic hydroxyl groups is 3. The lowest BCUT2D eigenvalue weighted by Gasteiger charge is -2.39. The monoisotopic (exact) mass is 232 g/mol. The lowest BCUT2D eigenvalue weighted by atomic mass is 9.78. The lowest BCUT2D eigenvalue weighted by molar-refractivity contribution is -0.140. The van der Waals surface area contributed by atoms with Crippen LogP contribution < -0.4 is 0 Å². The zero-order chi connectivity index (χ0) is 12.7. The molecule has 3 heteroatoms. The van der Waals surface area contributed by atoms with Crippen LogP contribution in [0.2, 0.25) is 0 Å². The molecular weight excluding hydrogens is 204 g/mol. The first kappa shape index (κ1) is 15.9. The van der Waals surface area contributed by atoms with E-state index in [1.165, 1.54) is 0 Å². The summed E-state index contributed by atoms with van der Waals surface area (Å²) in [6.07, 6.45) is 5.69. The molecule has 0 aliphatic carbocycles. The zero-order valence-corrected chi connectivity index (χ0v) is 11.0. The SMILES string of the molecule is CCCC[C@](C)(O)[C@](C)(O)CCCCCO. The van der Waals surface area contributed by atoms with Gasteiger partial charge in [-0.3, -0.25) is 0 Å². The van der Waals surface area contributed by atoms with Crippen molar-refractivity contribution >= 4 is 0 Å². The summed E-state index contributed by atoms with van der Waals surface area (Å²) < 4.78 is 0. The molecule has 0 amide bonds. The summed E-state index contributed by atoms with van der Waals surface area (Å²) >= 11 is 0. The highest BCUT2D eigenvalue weighted by atomic mass is 16.4. The Morgan fingerprint density at radius 2 is 1.31 bits per heavy atom. The first-order chi connectivity index (χ1) is 7.37. The van der Waals surface area contributed by atoms with Gasteiger partial charge in [0.25, 0.3) is 0 Å². The van der Waals surface area contributed by atoms with Crippen LogP contribution >= 0.6 is 0 Å². The molecule has 0 aliphatic heterocycles. The van der Waals surface area contributed by atoms with Gasteiger partial charge in [-0.25, -0.2) is 0 Å². The number of hydrogen-bond donors (Lipinski definition) is 3. The molecular formula is C13H28O3. The van der Waals surface area contributed by atoms with Gasteiger partial charge in [0, 0.05) is 6.61 Å². The third-order valence-electron chi connectivity index (χ3n) is 3.50. The Bertz CT molecular complexity index is 176. The van der Waals surface area contributed by atoms with E-state index >= 15 is 0 Å². The minimum atomic E-state index is -1.03. The largest absolute Gasteiger partial charge is 0.396 e. The Hall–Kier alpha value is -0.120. The summed E-state index contributed by atoms with van der Waals surface area (Å²) in [6, 6.07) is 0. The van der Waals surface area contributed by atoms with Gasteiger partial charge in [0.05, 0.1) is 11.2 Å². The molecule has 16 heavy (non-hydrogen) atoms. The maximum Gasteiger partial charge on any atom is 0.0902 e. The fraction of sp³-hybridized carbons (Fsp3) is 1.00. The van der Waals surface area contributed by atoms with Crippen molar-refractivity contribution in [3.05, 3.63) is 0 Å². The van der Waals surface area contributed by atoms with Crippen LogP contribution in [0.1, 0.15) is 65.7 Å². The minimum Gasteiger partial charge on any atom is -0.396 e. The van der Waals surface area contributed by atoms with E-state index in [-0.39, 0.29) is 6.61 Å². The van der Waals surface area contributed by atoms with Gasteiger partial charge in [0.2, 0.25) is 0 Å². The molecule has 3 nitrogen and oxygen atoms in total. The van der Waals surface area contributed by atoms with Crippen LogP contribution in [0.25, 0.3) is 0 Å². The summed E-state index contributed by atoms with van der Waals surface area (Å²) in [5.41, 5.74) is -2.04. The molecule has 0 saturated carbocycles. The average molecular weight is 232 g/mol. The molecule has 0 aliphatic rings. The first-order valence-electron chi connectivity index (χ1n) is 6.43. The third kappa shape index (κ3) is 5.28. The van der Waals surface area contributed by atoms with Crippen molar-refractivity contribution in [2.75, 3.05) is 6.61 Å². The highest BCUT2D eigenvalue weighted by Gasteiger charge is 2.40. The Kier molecular flexibility index (Phi) is 7.20. The molecule has 0 saturated heterocycles. The molecule has 0 rings (SSSR count). The minimum absolute atomic E-state index is 0.203. The Balaban J connectivity index is 4.06. The molecule has 0 aromatic rings. The van der Waals surface area contributed by atoms with Crippen LogP contribution in [-0.2, 0) is 0 Å². The van der Waals surface area contributed by atoms with E-state index in [9.17, 15) is 10.2 Å². The van der Waals surface area contributed by atoms with Gasteiger partial charge in [-0.2, -0.15) is 0 Å². The molecule has 0 spiro atoms. The molecule has 0 radical (unpaired) electrons. The second-order valence-corrected chi connectivity index (χ2v) is 5.19. The Morgan fingerprint density at radius 3 is 1.75 bits per heavy atom. The van der Waals surface area contributed by atoms with E-state index < -0.39 is 11.2 Å². The van der Waals surface area contributed by atoms with Crippen molar-refractivity contribution in [1.29, 1.82) is 0 Å². The van der Waals surface area contributed by atoms with Gasteiger partial charge in [-0.1, -0.05) is 32.6 Å². The summed E-state index contributed by atoms with van der Waals surface area (Å²) in [5.74, 6) is 0. The van der Waals surface area contributed by atoms with Crippen molar-refractivity contribution in [2.24, 2.45) is 0 Å². The number of hydrogen-bond acceptors (Lipinski definition) is 3. The van der Waals surface area contributed by atoms with Crippen LogP contribution in [0.5, 0.6) is 0 Å². The molecule has 0 unspecified atom stereocenters. The van der Waals surface area contributed by atoms with Gasteiger partial charge >= 0.3 is 0 Å². The van der Waals surface area contributed by atoms with Gasteiger partial charge in [-0.05, 0) is 33.1 Å². The average Bonchev–Trinajstić information content (AvgIpc) is 2.21. The molecule has 3 N–H and O–H groups in total. The van der Waals surface area contributed by atoms with Crippen LogP contribution in [0.15, 0.2) is 0 Å². The van der Waals surface area contributed by atoms with Crippen LogP contribution in [0.3, 0.4) is 0 Å². The lowest BCUT2D eigenvalue weighted by Crippen LogP contribution is -2.49. The summed E-state index contributed by atoms with van der Waals surface area (Å²) in [7, 11) is 0. The maximum atomic E-state index is 10.3. The van der Waals surface area contributed by atoms with Gasteiger partial charge in [-0.15, -0.1) is 0 Å². The van der Waals surface area contributed by atoms with Gasteiger partial charge in [0.1, 0.15) is 0 Å². The Morgan fingerprint density at radius 1 is 0.812 bits per heavy atom. The standard InChI is InChI=1S/C13H28O3/c1-4-5-9-12(2,15)13(3,16)10-7-6-8-11-14/h14-16H,4-11H2,1-3H3/t12-,13+/m0/s1. The van der Waals surface area contributed by atoms with E-state index in [2.05, 4.69) is 6.92 Å². The summed E-state index contributed by atoms with van der Waals surface area (Å²) in [5, 5.41) is 29.1. The van der Waals surface area contributed by atoms with Crippen LogP contribution in [0, 0.1) is 0 Å². The Labute approximate surface area is 99.5 Å². The third-order valence-corrected chi connectivity index (χ3v) is 3.50. The second-order valence-electron chi connectivity index (χ2n) is 5.19. The fourth-order valence-electron chi connectivity index (χ4n) is 1.82. The number of unbranched alkanes of at least 4 members (excludes halogenated alkanes) is 3. The van der Waals surface area contributed by atoms with E-state index in [1.807, 2.05) is 0 Å². The normalized spacial score (nSPS) is 19.1. The quantitative estimate of drug-likeness (QED) is 0.534. The van der Waals surface area contributed by atoms with E-state index in [4.69, 9.17) is 5.11 Å². The predicted molar refractivity (Wildman–Crippen MR) is 66.3 cm³/mol. The molecule has 2 atom stereocenters. The molecule has 0 fully saturated rings. The van der Waals surface area contributed by atoms with Crippen LogP contribution in [0.4, 0.5) is 0 Å². The first-order valence-corrected chi connectivity index (χ1v) is 6.43. The predicted octanol–water partition coefficient (Wildman–Crippen LogP) is 2.23. The van der Waals surface area contributed by atoms with Crippen LogP contribution in [-0.4, -0.2) is 33.1 Å². The van der Waals surface area contributed by atoms with Crippen molar-refractivity contribution in [1.82, 2.24) is 0 Å². The van der Waals surface area contributed by atoms with E-state index in [1.54, 1.807) is 13.8 Å². The second kappa shape index (κ2) is 7.25. The summed E-state index contributed by atoms with van der Waals surface area (Å²) in [4.78, 5) is 0. The van der Waals surface area contributed by atoms with Crippen molar-refractivity contribution in [3.8, 4) is 0 Å². The maximum absolute atomic E-state index is 10.3. The van der Waals surface area contributed by atoms with Gasteiger partial charge in [0.15, 0.2) is 0 Å². The highest BCUT2D eigenvalue weighted by Crippen LogP contribution is 2.31. The van der Waals surface area contributed by atoms with Crippen molar-refractivity contribution < 1.29 is 15.3 Å². The highest BCUT2D eigenvalue weighted by molar-refractivity contribution is 4.92. The number of aliphatic hydroxyl groups excluding tert-OH is 1. The molecule has 0 bridgehead atoms. The summed E-state index contributed by atoms with van der Waals surface area (Å²) in [6.45, 7) is 5.71. The van der Waals surface area contributed by atoms with E-state index in [0.29, 0.717) is 12.8 Å². The number of rotatable bonds is 9. The van der Waals surface area contributed by atoms with E-state index in [0.717, 1.165) is 32.1 Å². The molecule has 0 heterocycles. The van der Waals surface area contributed by atoms with Crippen molar-refractivity contribution in [3.63, 3.8) is 0 Å². The molecule has 98 valence electrons. The molecule has 0 aromatic carbocycles. The van der Waals surface area contributed by atoms with Crippen molar-refractivity contribution in [2.45, 2.75) is 76.9 Å². The topological polar surface area (TPSA) is 60.7 Å². The van der Waals surface area contributed by atoms with Gasteiger partial charge < -0.3 is 15.3 Å².